The molecule has 3 amide bonds. The highest BCUT2D eigenvalue weighted by atomic mass is 16.5. The Kier molecular flexibility index (Phi) is 4.38. The Morgan fingerprint density at radius 3 is 2.52 bits per heavy atom. The zero-order valence-corrected chi connectivity index (χ0v) is 13.7. The number of fused-ring (bicyclic) bond motifs is 1. The van der Waals surface area contributed by atoms with Crippen molar-refractivity contribution in [2.75, 3.05) is 20.8 Å². The zero-order valence-electron chi connectivity index (χ0n) is 13.7. The van der Waals surface area contributed by atoms with Gasteiger partial charge in [0.1, 0.15) is 18.0 Å². The average Bonchev–Trinajstić information content (AvgIpc) is 2.89. The number of carbonyl (C=O) groups is 3. The van der Waals surface area contributed by atoms with Crippen LogP contribution in [0.5, 0.6) is 5.75 Å². The third-order valence-electron chi connectivity index (χ3n) is 3.91. The minimum Gasteiger partial charge on any atom is -0.496 e. The van der Waals surface area contributed by atoms with Crippen molar-refractivity contribution in [3.05, 3.63) is 47.7 Å². The first kappa shape index (κ1) is 16.5. The number of ether oxygens (including phenoxy) is 2. The van der Waals surface area contributed by atoms with E-state index in [1.54, 1.807) is 25.3 Å². The lowest BCUT2D eigenvalue weighted by atomic mass is 10.0. The minimum atomic E-state index is -0.667. The molecule has 1 saturated heterocycles. The number of nitrogens with one attached hydrogen (secondary N) is 1. The number of carbonyl (C=O) groups excluding carboxylic acids is 3. The SMILES string of the molecule is COC(=O)CN1C(=O)N/C(=C/c2ccc(OC)c3ccccc23)C1=O. The number of methoxy groups -OCH3 is 2. The van der Waals surface area contributed by atoms with Crippen molar-refractivity contribution in [1.29, 1.82) is 0 Å². The predicted octanol–water partition coefficient (Wildman–Crippen LogP) is 1.91. The summed E-state index contributed by atoms with van der Waals surface area (Å²) < 4.78 is 9.85. The Balaban J connectivity index is 1.99. The van der Waals surface area contributed by atoms with Gasteiger partial charge in [-0.2, -0.15) is 0 Å². The Morgan fingerprint density at radius 1 is 1.12 bits per heavy atom. The molecule has 0 saturated carbocycles. The van der Waals surface area contributed by atoms with E-state index < -0.39 is 24.5 Å². The molecule has 0 spiro atoms. The Hall–Kier alpha value is -3.35. The molecule has 1 N–H and O–H groups in total. The van der Waals surface area contributed by atoms with Crippen molar-refractivity contribution >= 4 is 34.8 Å². The Labute approximate surface area is 143 Å². The molecular formula is C18H16N2O5. The van der Waals surface area contributed by atoms with Gasteiger partial charge in [0.2, 0.25) is 0 Å². The van der Waals surface area contributed by atoms with Crippen LogP contribution in [0.2, 0.25) is 0 Å². The molecule has 2 aromatic carbocycles. The summed E-state index contributed by atoms with van der Waals surface area (Å²) in [4.78, 5) is 36.4. The number of imide groups is 1. The van der Waals surface area contributed by atoms with Gasteiger partial charge < -0.3 is 14.8 Å². The third-order valence-corrected chi connectivity index (χ3v) is 3.91. The molecule has 25 heavy (non-hydrogen) atoms. The fourth-order valence-corrected chi connectivity index (χ4v) is 2.66. The summed E-state index contributed by atoms with van der Waals surface area (Å²) in [6.07, 6.45) is 1.58. The van der Waals surface area contributed by atoms with Gasteiger partial charge in [-0.25, -0.2) is 9.69 Å². The molecule has 7 heteroatoms. The molecule has 128 valence electrons. The molecule has 2 aromatic rings. The van der Waals surface area contributed by atoms with Crippen molar-refractivity contribution in [1.82, 2.24) is 10.2 Å². The number of nitrogens with zero attached hydrogens (tertiary/aromatic N) is 1. The van der Waals surface area contributed by atoms with Crippen molar-refractivity contribution in [3.63, 3.8) is 0 Å². The summed E-state index contributed by atoms with van der Waals surface area (Å²) in [5.74, 6) is -0.526. The van der Waals surface area contributed by atoms with Crippen molar-refractivity contribution in [2.45, 2.75) is 0 Å². The minimum absolute atomic E-state index is 0.101. The van der Waals surface area contributed by atoms with Crippen LogP contribution in [-0.4, -0.2) is 43.6 Å². The first-order valence-electron chi connectivity index (χ1n) is 7.52. The van der Waals surface area contributed by atoms with E-state index in [-0.39, 0.29) is 5.70 Å². The fraction of sp³-hybridized carbons (Fsp3) is 0.167. The Bertz CT molecular complexity index is 903. The highest BCUT2D eigenvalue weighted by Crippen LogP contribution is 2.29. The standard InChI is InChI=1S/C18H16N2O5/c1-24-15-8-7-11(12-5-3-4-6-13(12)15)9-14-17(22)20(18(23)19-14)10-16(21)25-2/h3-9H,10H2,1-2H3,(H,19,23)/b14-9+. The van der Waals surface area contributed by atoms with Crippen LogP contribution >= 0.6 is 0 Å². The van der Waals surface area contributed by atoms with Crippen LogP contribution in [0.15, 0.2) is 42.1 Å². The summed E-state index contributed by atoms with van der Waals surface area (Å²) in [5.41, 5.74) is 0.851. The molecule has 7 nitrogen and oxygen atoms in total. The van der Waals surface area contributed by atoms with E-state index in [4.69, 9.17) is 4.74 Å². The van der Waals surface area contributed by atoms with Crippen molar-refractivity contribution in [2.24, 2.45) is 0 Å². The van der Waals surface area contributed by atoms with E-state index in [1.165, 1.54) is 7.11 Å². The molecule has 0 unspecified atom stereocenters. The lowest BCUT2D eigenvalue weighted by Gasteiger charge is -2.09. The van der Waals surface area contributed by atoms with Crippen LogP contribution in [0.25, 0.3) is 16.8 Å². The molecule has 1 aliphatic rings. The maximum Gasteiger partial charge on any atom is 0.329 e. The number of hydrogen-bond donors (Lipinski definition) is 1. The number of urea groups is 1. The number of esters is 1. The maximum absolute atomic E-state index is 12.4. The van der Waals surface area contributed by atoms with Crippen molar-refractivity contribution < 1.29 is 23.9 Å². The Morgan fingerprint density at radius 2 is 1.84 bits per heavy atom. The summed E-state index contributed by atoms with van der Waals surface area (Å²) in [7, 11) is 2.78. The van der Waals surface area contributed by atoms with Gasteiger partial charge in [0.05, 0.1) is 14.2 Å². The second-order valence-corrected chi connectivity index (χ2v) is 5.36. The number of amides is 3. The highest BCUT2D eigenvalue weighted by molar-refractivity contribution is 6.15. The summed E-state index contributed by atoms with van der Waals surface area (Å²) in [5, 5.41) is 4.25. The van der Waals surface area contributed by atoms with E-state index >= 15 is 0 Å². The largest absolute Gasteiger partial charge is 0.496 e. The smallest absolute Gasteiger partial charge is 0.329 e. The number of benzene rings is 2. The average molecular weight is 340 g/mol. The first-order valence-corrected chi connectivity index (χ1v) is 7.52. The fourth-order valence-electron chi connectivity index (χ4n) is 2.66. The van der Waals surface area contributed by atoms with E-state index in [0.717, 1.165) is 21.2 Å². The molecule has 1 heterocycles. The molecule has 0 aliphatic carbocycles. The molecule has 0 radical (unpaired) electrons. The lowest BCUT2D eigenvalue weighted by Crippen LogP contribution is -2.36. The van der Waals surface area contributed by atoms with Gasteiger partial charge in [-0.15, -0.1) is 0 Å². The van der Waals surface area contributed by atoms with Gasteiger partial charge in [-0.3, -0.25) is 9.59 Å². The molecule has 1 aliphatic heterocycles. The van der Waals surface area contributed by atoms with E-state index in [9.17, 15) is 14.4 Å². The van der Waals surface area contributed by atoms with Gasteiger partial charge in [-0.05, 0) is 23.1 Å². The van der Waals surface area contributed by atoms with Crippen LogP contribution in [-0.2, 0) is 14.3 Å². The molecule has 0 atom stereocenters. The summed E-state index contributed by atoms with van der Waals surface area (Å²) in [6, 6.07) is 10.5. The summed E-state index contributed by atoms with van der Waals surface area (Å²) >= 11 is 0. The van der Waals surface area contributed by atoms with Gasteiger partial charge in [0.25, 0.3) is 5.91 Å². The van der Waals surface area contributed by atoms with Crippen molar-refractivity contribution in [3.8, 4) is 5.75 Å². The van der Waals surface area contributed by atoms with E-state index in [1.807, 2.05) is 24.3 Å². The van der Waals surface area contributed by atoms with Crippen LogP contribution in [0.4, 0.5) is 4.79 Å². The molecular weight excluding hydrogens is 324 g/mol. The van der Waals surface area contributed by atoms with Gasteiger partial charge in [0.15, 0.2) is 0 Å². The lowest BCUT2D eigenvalue weighted by molar-refractivity contribution is -0.143. The topological polar surface area (TPSA) is 84.9 Å². The van der Waals surface area contributed by atoms with Gasteiger partial charge in [-0.1, -0.05) is 30.3 Å². The van der Waals surface area contributed by atoms with Crippen LogP contribution in [0.1, 0.15) is 5.56 Å². The first-order chi connectivity index (χ1) is 12.0. The van der Waals surface area contributed by atoms with Crippen LogP contribution in [0, 0.1) is 0 Å². The number of hydrogen-bond acceptors (Lipinski definition) is 5. The molecule has 3 rings (SSSR count). The third kappa shape index (κ3) is 3.03. The highest BCUT2D eigenvalue weighted by Gasteiger charge is 2.35. The quantitative estimate of drug-likeness (QED) is 0.522. The van der Waals surface area contributed by atoms with Crippen LogP contribution in [0.3, 0.4) is 0 Å². The van der Waals surface area contributed by atoms with Gasteiger partial charge in [0, 0.05) is 5.39 Å². The molecule has 0 aromatic heterocycles. The summed E-state index contributed by atoms with van der Waals surface area (Å²) in [6.45, 7) is -0.429. The zero-order chi connectivity index (χ0) is 18.0. The second-order valence-electron chi connectivity index (χ2n) is 5.36. The van der Waals surface area contributed by atoms with Crippen LogP contribution < -0.4 is 10.1 Å². The maximum atomic E-state index is 12.4. The van der Waals surface area contributed by atoms with Gasteiger partial charge >= 0.3 is 12.0 Å². The predicted molar refractivity (Wildman–Crippen MR) is 90.7 cm³/mol. The monoisotopic (exact) mass is 340 g/mol. The molecule has 1 fully saturated rings. The second kappa shape index (κ2) is 6.64. The van der Waals surface area contributed by atoms with E-state index in [0.29, 0.717) is 5.75 Å². The normalized spacial score (nSPS) is 15.6. The number of rotatable bonds is 4. The molecule has 0 bridgehead atoms. The van der Waals surface area contributed by atoms with E-state index in [2.05, 4.69) is 10.1 Å².